The molecule has 3 aromatic carbocycles. The number of nitrogens with zero attached hydrogens (tertiary/aromatic N) is 1. The molecule has 1 heteroatoms. The fraction of sp³-hybridized carbons (Fsp3) is 0.0909. The van der Waals surface area contributed by atoms with Crippen LogP contribution in [0.5, 0.6) is 0 Å². The van der Waals surface area contributed by atoms with Crippen molar-refractivity contribution < 1.29 is 0 Å². The van der Waals surface area contributed by atoms with Crippen molar-refractivity contribution in [1.29, 1.82) is 0 Å². The molecule has 0 atom stereocenters. The van der Waals surface area contributed by atoms with E-state index in [9.17, 15) is 0 Å². The summed E-state index contributed by atoms with van der Waals surface area (Å²) < 4.78 is 2.42. The topological polar surface area (TPSA) is 4.93 Å². The predicted octanol–water partition coefficient (Wildman–Crippen LogP) is 5.88. The number of rotatable bonds is 3. The van der Waals surface area contributed by atoms with Crippen molar-refractivity contribution >= 4 is 27.9 Å². The van der Waals surface area contributed by atoms with E-state index >= 15 is 0 Å². The summed E-state index contributed by atoms with van der Waals surface area (Å²) in [6.45, 7) is 2.96. The Bertz CT molecular complexity index is 991. The first-order valence-electron chi connectivity index (χ1n) is 8.04. The fourth-order valence-corrected chi connectivity index (χ4v) is 3.30. The van der Waals surface area contributed by atoms with Crippen LogP contribution in [0, 0.1) is 0 Å². The number of allylic oxidation sites excluding steroid dienone is 1. The lowest BCUT2D eigenvalue weighted by molar-refractivity contribution is 0.869. The van der Waals surface area contributed by atoms with E-state index in [1.807, 2.05) is 0 Å². The van der Waals surface area contributed by atoms with E-state index in [1.54, 1.807) is 0 Å². The molecule has 1 nitrogen and oxygen atoms in total. The van der Waals surface area contributed by atoms with Crippen LogP contribution in [0.4, 0.5) is 0 Å². The lowest BCUT2D eigenvalue weighted by Gasteiger charge is -2.07. The molecule has 112 valence electrons. The Morgan fingerprint density at radius 1 is 0.783 bits per heavy atom. The number of aromatic nitrogens is 1. The van der Waals surface area contributed by atoms with E-state index in [-0.39, 0.29) is 0 Å². The Hall–Kier alpha value is -2.80. The first-order valence-corrected chi connectivity index (χ1v) is 8.04. The quantitative estimate of drug-likeness (QED) is 0.445. The van der Waals surface area contributed by atoms with Gasteiger partial charge >= 0.3 is 0 Å². The smallest absolute Gasteiger partial charge is 0.0494 e. The van der Waals surface area contributed by atoms with Crippen LogP contribution in [0.1, 0.15) is 18.1 Å². The third-order valence-electron chi connectivity index (χ3n) is 4.34. The van der Waals surface area contributed by atoms with Gasteiger partial charge in [0.1, 0.15) is 0 Å². The maximum atomic E-state index is 2.42. The second kappa shape index (κ2) is 5.77. The molecule has 0 aliphatic heterocycles. The van der Waals surface area contributed by atoms with Crippen molar-refractivity contribution in [2.75, 3.05) is 0 Å². The summed E-state index contributed by atoms with van der Waals surface area (Å²) in [5.74, 6) is 0. The van der Waals surface area contributed by atoms with E-state index < -0.39 is 0 Å². The van der Waals surface area contributed by atoms with Gasteiger partial charge in [0.05, 0.1) is 0 Å². The zero-order valence-corrected chi connectivity index (χ0v) is 13.2. The van der Waals surface area contributed by atoms with E-state index in [1.165, 1.54) is 32.9 Å². The van der Waals surface area contributed by atoms with Gasteiger partial charge in [-0.1, -0.05) is 66.7 Å². The highest BCUT2D eigenvalue weighted by atomic mass is 15.0. The van der Waals surface area contributed by atoms with Crippen molar-refractivity contribution in [1.82, 2.24) is 4.57 Å². The van der Waals surface area contributed by atoms with Crippen molar-refractivity contribution in [3.63, 3.8) is 0 Å². The van der Waals surface area contributed by atoms with Gasteiger partial charge in [-0.25, -0.2) is 0 Å². The van der Waals surface area contributed by atoms with Gasteiger partial charge in [0.15, 0.2) is 0 Å². The Balaban J connectivity index is 1.97. The van der Waals surface area contributed by atoms with Crippen LogP contribution in [0.15, 0.2) is 78.9 Å². The maximum Gasteiger partial charge on any atom is 0.0494 e. The average Bonchev–Trinajstić information content (AvgIpc) is 2.90. The minimum absolute atomic E-state index is 0.897. The van der Waals surface area contributed by atoms with Crippen LogP contribution in [0.25, 0.3) is 27.9 Å². The van der Waals surface area contributed by atoms with Crippen molar-refractivity contribution in [3.8, 4) is 0 Å². The Morgan fingerprint density at radius 2 is 1.52 bits per heavy atom. The summed E-state index contributed by atoms with van der Waals surface area (Å²) >= 11 is 0. The van der Waals surface area contributed by atoms with E-state index in [2.05, 4.69) is 96.4 Å². The zero-order valence-electron chi connectivity index (χ0n) is 13.2. The lowest BCUT2D eigenvalue weighted by Crippen LogP contribution is -1.98. The zero-order chi connectivity index (χ0) is 15.6. The van der Waals surface area contributed by atoms with Gasteiger partial charge in [-0.15, -0.1) is 0 Å². The van der Waals surface area contributed by atoms with Gasteiger partial charge in [-0.2, -0.15) is 0 Å². The summed E-state index contributed by atoms with van der Waals surface area (Å²) in [6, 6.07) is 26.1. The molecule has 0 aliphatic carbocycles. The normalized spacial score (nSPS) is 11.7. The maximum absolute atomic E-state index is 2.42. The van der Waals surface area contributed by atoms with Gasteiger partial charge in [-0.3, -0.25) is 0 Å². The first-order chi connectivity index (χ1) is 11.4. The van der Waals surface area contributed by atoms with Gasteiger partial charge in [0.2, 0.25) is 0 Å². The van der Waals surface area contributed by atoms with Crippen LogP contribution in [-0.2, 0) is 6.54 Å². The Labute approximate surface area is 136 Å². The highest BCUT2D eigenvalue weighted by Gasteiger charge is 2.10. The van der Waals surface area contributed by atoms with Crippen LogP contribution < -0.4 is 0 Å². The largest absolute Gasteiger partial charge is 0.336 e. The highest BCUT2D eigenvalue weighted by Crippen LogP contribution is 2.30. The van der Waals surface area contributed by atoms with Gasteiger partial charge in [-0.05, 0) is 36.2 Å². The van der Waals surface area contributed by atoms with Crippen LogP contribution in [0.3, 0.4) is 0 Å². The Morgan fingerprint density at radius 3 is 2.35 bits per heavy atom. The summed E-state index contributed by atoms with van der Waals surface area (Å²) in [5, 5.41) is 2.65. The third-order valence-corrected chi connectivity index (χ3v) is 4.34. The lowest BCUT2D eigenvalue weighted by atomic mass is 10.1. The summed E-state index contributed by atoms with van der Waals surface area (Å²) in [6.07, 6.45) is 4.24. The molecule has 0 saturated carbocycles. The van der Waals surface area contributed by atoms with Crippen molar-refractivity contribution in [3.05, 3.63) is 90.0 Å². The minimum atomic E-state index is 0.897. The van der Waals surface area contributed by atoms with Gasteiger partial charge in [0, 0.05) is 28.4 Å². The monoisotopic (exact) mass is 297 g/mol. The SMILES string of the molecule is C/C=C/c1ccc2c(c1)c1ccccc1n2Cc1ccccc1. The number of benzene rings is 3. The molecule has 0 bridgehead atoms. The second-order valence-corrected chi connectivity index (χ2v) is 5.87. The Kier molecular flexibility index (Phi) is 3.47. The molecule has 0 aliphatic rings. The van der Waals surface area contributed by atoms with E-state index in [0.29, 0.717) is 0 Å². The molecule has 0 saturated heterocycles. The molecule has 1 aromatic heterocycles. The molecular formula is C22H19N. The van der Waals surface area contributed by atoms with E-state index in [4.69, 9.17) is 0 Å². The highest BCUT2D eigenvalue weighted by molar-refractivity contribution is 6.08. The molecule has 0 unspecified atom stereocenters. The minimum Gasteiger partial charge on any atom is -0.336 e. The fourth-order valence-electron chi connectivity index (χ4n) is 3.30. The van der Waals surface area contributed by atoms with Crippen LogP contribution in [-0.4, -0.2) is 4.57 Å². The molecule has 0 fully saturated rings. The van der Waals surface area contributed by atoms with E-state index in [0.717, 1.165) is 6.54 Å². The second-order valence-electron chi connectivity index (χ2n) is 5.87. The summed E-state index contributed by atoms with van der Waals surface area (Å²) in [7, 11) is 0. The third kappa shape index (κ3) is 2.44. The molecule has 23 heavy (non-hydrogen) atoms. The predicted molar refractivity (Wildman–Crippen MR) is 99.7 cm³/mol. The molecule has 4 aromatic rings. The molecule has 0 amide bonds. The van der Waals surface area contributed by atoms with Crippen molar-refractivity contribution in [2.45, 2.75) is 13.5 Å². The first kappa shape index (κ1) is 13.8. The van der Waals surface area contributed by atoms with Crippen LogP contribution in [0.2, 0.25) is 0 Å². The summed E-state index contributed by atoms with van der Waals surface area (Å²) in [4.78, 5) is 0. The number of para-hydroxylation sites is 1. The van der Waals surface area contributed by atoms with Crippen LogP contribution >= 0.6 is 0 Å². The molecule has 0 N–H and O–H groups in total. The molecule has 0 radical (unpaired) electrons. The molecule has 1 heterocycles. The molecule has 4 rings (SSSR count). The average molecular weight is 297 g/mol. The molecular weight excluding hydrogens is 278 g/mol. The molecule has 0 spiro atoms. The summed E-state index contributed by atoms with van der Waals surface area (Å²) in [5.41, 5.74) is 5.17. The number of fused-ring (bicyclic) bond motifs is 3. The van der Waals surface area contributed by atoms with Crippen molar-refractivity contribution in [2.24, 2.45) is 0 Å². The van der Waals surface area contributed by atoms with Gasteiger partial charge in [0.25, 0.3) is 0 Å². The van der Waals surface area contributed by atoms with Gasteiger partial charge < -0.3 is 4.57 Å². The standard InChI is InChI=1S/C22H19N/c1-2-8-17-13-14-22-20(15-17)19-11-6-7-12-21(19)23(22)16-18-9-4-3-5-10-18/h2-15H,16H2,1H3/b8-2+. The number of hydrogen-bond donors (Lipinski definition) is 0. The number of hydrogen-bond acceptors (Lipinski definition) is 0.